The van der Waals surface area contributed by atoms with Gasteiger partial charge in [-0.25, -0.2) is 0 Å². The number of benzene rings is 5. The summed E-state index contributed by atoms with van der Waals surface area (Å²) in [5, 5.41) is 0. The van der Waals surface area contributed by atoms with E-state index in [9.17, 15) is 0 Å². The Bertz CT molecular complexity index is 2020. The Morgan fingerprint density at radius 3 is 2.06 bits per heavy atom. The van der Waals surface area contributed by atoms with Gasteiger partial charge in [0.15, 0.2) is 0 Å². The lowest BCUT2D eigenvalue weighted by atomic mass is 9.62. The van der Waals surface area contributed by atoms with Crippen molar-refractivity contribution in [3.8, 4) is 22.3 Å². The Labute approximate surface area is 282 Å². The van der Waals surface area contributed by atoms with Crippen molar-refractivity contribution in [1.82, 2.24) is 0 Å². The molecule has 5 aromatic rings. The largest absolute Gasteiger partial charge is 0.309 e. The van der Waals surface area contributed by atoms with Crippen molar-refractivity contribution in [3.63, 3.8) is 0 Å². The number of hydrogen-bond acceptors (Lipinski definition) is 1. The third-order valence-electron chi connectivity index (χ3n) is 12.0. The standard InChI is InChI=1S/C46H49N/c1-30-24-25-39-42(45(4,5)27-26-44(39,2)3)43(30)47(32-18-9-8-10-19-32)41-29-40-36(35-21-13-14-23-38(35)46(40,6)7)28-37(41)34-22-15-17-31-16-11-12-20-33(31)34/h8-10,13-15,17-19,21-25,28-29H,11-12,16,20,26-27H2,1-7H3. The van der Waals surface area contributed by atoms with Crippen LogP contribution in [0, 0.1) is 6.92 Å². The summed E-state index contributed by atoms with van der Waals surface area (Å²) in [6, 6.07) is 37.4. The first kappa shape index (κ1) is 30.2. The molecule has 0 saturated heterocycles. The molecule has 3 aliphatic rings. The summed E-state index contributed by atoms with van der Waals surface area (Å²) < 4.78 is 0. The van der Waals surface area contributed by atoms with Crippen LogP contribution >= 0.6 is 0 Å². The fourth-order valence-electron chi connectivity index (χ4n) is 9.25. The van der Waals surface area contributed by atoms with Crippen LogP contribution in [0.5, 0.6) is 0 Å². The van der Waals surface area contributed by atoms with E-state index in [1.807, 2.05) is 0 Å². The highest BCUT2D eigenvalue weighted by Gasteiger charge is 2.42. The highest BCUT2D eigenvalue weighted by Crippen LogP contribution is 2.57. The highest BCUT2D eigenvalue weighted by molar-refractivity contribution is 5.96. The van der Waals surface area contributed by atoms with Crippen molar-refractivity contribution >= 4 is 17.1 Å². The van der Waals surface area contributed by atoms with Gasteiger partial charge in [-0.15, -0.1) is 0 Å². The van der Waals surface area contributed by atoms with Gasteiger partial charge in [-0.05, 0) is 136 Å². The molecule has 0 saturated carbocycles. The van der Waals surface area contributed by atoms with E-state index in [4.69, 9.17) is 0 Å². The van der Waals surface area contributed by atoms with Crippen molar-refractivity contribution in [2.45, 2.75) is 103 Å². The second kappa shape index (κ2) is 10.7. The van der Waals surface area contributed by atoms with Crippen LogP contribution in [0.2, 0.25) is 0 Å². The summed E-state index contributed by atoms with van der Waals surface area (Å²) in [5.41, 5.74) is 19.8. The number of anilines is 3. The lowest BCUT2D eigenvalue weighted by Crippen LogP contribution is -2.35. The van der Waals surface area contributed by atoms with E-state index in [1.165, 1.54) is 105 Å². The minimum Gasteiger partial charge on any atom is -0.309 e. The van der Waals surface area contributed by atoms with Gasteiger partial charge in [-0.2, -0.15) is 0 Å². The summed E-state index contributed by atoms with van der Waals surface area (Å²) in [5.74, 6) is 0. The SMILES string of the molecule is Cc1ccc2c(c1N(c1ccccc1)c1cc3c(cc1-c1cccc4c1CCCC4)-c1ccccc1C3(C)C)C(C)(C)CCC2(C)C. The van der Waals surface area contributed by atoms with Crippen LogP contribution in [0.25, 0.3) is 22.3 Å². The highest BCUT2D eigenvalue weighted by atomic mass is 15.2. The fraction of sp³-hybridized carbons (Fsp3) is 0.348. The van der Waals surface area contributed by atoms with Gasteiger partial charge < -0.3 is 4.90 Å². The minimum absolute atomic E-state index is 0.0531. The monoisotopic (exact) mass is 615 g/mol. The molecule has 1 nitrogen and oxygen atoms in total. The molecule has 0 spiro atoms. The van der Waals surface area contributed by atoms with Gasteiger partial charge in [0.25, 0.3) is 0 Å². The van der Waals surface area contributed by atoms with E-state index in [-0.39, 0.29) is 16.2 Å². The number of nitrogens with zero attached hydrogens (tertiary/aromatic N) is 1. The van der Waals surface area contributed by atoms with Crippen LogP contribution in [0.3, 0.4) is 0 Å². The molecule has 0 N–H and O–H groups in total. The topological polar surface area (TPSA) is 3.24 Å². The van der Waals surface area contributed by atoms with Crippen molar-refractivity contribution in [3.05, 3.63) is 136 Å². The van der Waals surface area contributed by atoms with E-state index in [1.54, 1.807) is 5.56 Å². The van der Waals surface area contributed by atoms with Crippen LogP contribution < -0.4 is 4.90 Å². The summed E-state index contributed by atoms with van der Waals surface area (Å²) in [4.78, 5) is 2.66. The second-order valence-corrected chi connectivity index (χ2v) is 16.3. The molecule has 0 atom stereocenters. The van der Waals surface area contributed by atoms with Gasteiger partial charge >= 0.3 is 0 Å². The quantitative estimate of drug-likeness (QED) is 0.194. The van der Waals surface area contributed by atoms with Gasteiger partial charge in [-0.3, -0.25) is 0 Å². The van der Waals surface area contributed by atoms with E-state index in [0.29, 0.717) is 0 Å². The Balaban J connectivity index is 1.51. The summed E-state index contributed by atoms with van der Waals surface area (Å²) in [7, 11) is 0. The molecule has 0 fully saturated rings. The lowest BCUT2D eigenvalue weighted by molar-refractivity contribution is 0.332. The number of rotatable bonds is 4. The Hall–Kier alpha value is -4.10. The number of aryl methyl sites for hydroxylation is 2. The molecular formula is C46H49N. The first-order chi connectivity index (χ1) is 22.5. The zero-order chi connectivity index (χ0) is 32.7. The zero-order valence-corrected chi connectivity index (χ0v) is 29.4. The molecule has 0 unspecified atom stereocenters. The maximum atomic E-state index is 2.66. The lowest BCUT2D eigenvalue weighted by Gasteiger charge is -2.45. The third-order valence-corrected chi connectivity index (χ3v) is 12.0. The van der Waals surface area contributed by atoms with E-state index >= 15 is 0 Å². The minimum atomic E-state index is -0.0932. The molecule has 8 rings (SSSR count). The van der Waals surface area contributed by atoms with Crippen LogP contribution in [-0.4, -0.2) is 0 Å². The van der Waals surface area contributed by atoms with Crippen LogP contribution in [-0.2, 0) is 29.1 Å². The molecular weight excluding hydrogens is 567 g/mol. The van der Waals surface area contributed by atoms with E-state index in [0.717, 1.165) is 6.42 Å². The predicted octanol–water partition coefficient (Wildman–Crippen LogP) is 12.7. The van der Waals surface area contributed by atoms with Gasteiger partial charge in [0, 0.05) is 16.7 Å². The zero-order valence-electron chi connectivity index (χ0n) is 29.4. The summed E-state index contributed by atoms with van der Waals surface area (Å²) in [6.45, 7) is 17.0. The van der Waals surface area contributed by atoms with E-state index < -0.39 is 0 Å². The average molecular weight is 616 g/mol. The van der Waals surface area contributed by atoms with Crippen LogP contribution in [0.4, 0.5) is 17.1 Å². The average Bonchev–Trinajstić information content (AvgIpc) is 3.29. The molecule has 5 aromatic carbocycles. The van der Waals surface area contributed by atoms with Gasteiger partial charge in [0.2, 0.25) is 0 Å². The van der Waals surface area contributed by atoms with E-state index in [2.05, 4.69) is 150 Å². The normalized spacial score (nSPS) is 18.1. The first-order valence-electron chi connectivity index (χ1n) is 17.9. The molecule has 47 heavy (non-hydrogen) atoms. The number of hydrogen-bond donors (Lipinski definition) is 0. The number of fused-ring (bicyclic) bond motifs is 5. The molecule has 0 bridgehead atoms. The third kappa shape index (κ3) is 4.64. The fourth-order valence-corrected chi connectivity index (χ4v) is 9.25. The molecule has 0 heterocycles. The molecule has 0 amide bonds. The molecule has 3 aliphatic carbocycles. The predicted molar refractivity (Wildman–Crippen MR) is 201 cm³/mol. The van der Waals surface area contributed by atoms with Crippen molar-refractivity contribution in [1.29, 1.82) is 0 Å². The smallest absolute Gasteiger partial charge is 0.0543 e. The summed E-state index contributed by atoms with van der Waals surface area (Å²) in [6.07, 6.45) is 7.25. The molecule has 238 valence electrons. The molecule has 0 radical (unpaired) electrons. The Morgan fingerprint density at radius 1 is 0.553 bits per heavy atom. The van der Waals surface area contributed by atoms with Crippen molar-refractivity contribution in [2.75, 3.05) is 4.90 Å². The number of para-hydroxylation sites is 1. The Morgan fingerprint density at radius 2 is 1.26 bits per heavy atom. The van der Waals surface area contributed by atoms with Gasteiger partial charge in [0.1, 0.15) is 0 Å². The van der Waals surface area contributed by atoms with Crippen LogP contribution in [0.15, 0.2) is 97.1 Å². The maximum absolute atomic E-state index is 2.66. The molecule has 1 heteroatoms. The Kier molecular flexibility index (Phi) is 6.89. The van der Waals surface area contributed by atoms with Crippen molar-refractivity contribution < 1.29 is 0 Å². The van der Waals surface area contributed by atoms with Crippen molar-refractivity contribution in [2.24, 2.45) is 0 Å². The van der Waals surface area contributed by atoms with Gasteiger partial charge in [-0.1, -0.05) is 114 Å². The first-order valence-corrected chi connectivity index (χ1v) is 17.9. The summed E-state index contributed by atoms with van der Waals surface area (Å²) >= 11 is 0. The molecule has 0 aliphatic heterocycles. The second-order valence-electron chi connectivity index (χ2n) is 16.3. The van der Waals surface area contributed by atoms with Crippen LogP contribution in [0.1, 0.15) is 106 Å². The maximum Gasteiger partial charge on any atom is 0.0543 e. The molecule has 0 aromatic heterocycles. The van der Waals surface area contributed by atoms with Gasteiger partial charge in [0.05, 0.1) is 11.4 Å².